The minimum atomic E-state index is -3.01. The summed E-state index contributed by atoms with van der Waals surface area (Å²) in [5, 5.41) is -7.84. The van der Waals surface area contributed by atoms with Crippen molar-refractivity contribution in [3.8, 4) is 69.0 Å². The highest BCUT2D eigenvalue weighted by atomic mass is 19.2. The highest BCUT2D eigenvalue weighted by Gasteiger charge is 2.43. The van der Waals surface area contributed by atoms with Crippen LogP contribution in [0.4, 0.5) is 105 Å². The quantitative estimate of drug-likeness (QED) is 0.00865. The van der Waals surface area contributed by atoms with E-state index in [1.807, 2.05) is 27.7 Å². The van der Waals surface area contributed by atoms with Gasteiger partial charge in [-0.1, -0.05) is 202 Å². The van der Waals surface area contributed by atoms with Crippen molar-refractivity contribution in [2.24, 2.45) is 0 Å². The maximum Gasteiger partial charge on any atom is 0.350 e. The van der Waals surface area contributed by atoms with E-state index in [1.54, 1.807) is 13.8 Å². The fourth-order valence-electron chi connectivity index (χ4n) is 15.2. The van der Waals surface area contributed by atoms with Gasteiger partial charge in [-0.15, -0.1) is 0 Å². The summed E-state index contributed by atoms with van der Waals surface area (Å²) in [6, 6.07) is 1.32. The van der Waals surface area contributed by atoms with Crippen molar-refractivity contribution >= 4 is 68.1 Å². The van der Waals surface area contributed by atoms with Gasteiger partial charge in [0.25, 0.3) is 0 Å². The Balaban J connectivity index is 1.37. The standard InChI is InChI=1S/C102H96F24O18/c1-7-13-19-25-31-39-133-91-77(115)65(103)59(66(104)78(91)116)97(127)139-49-37-38-50-51(45-49)52-46-55(140-98(128)60-67(105)79(117)92(80(118)68(60)106)134-40-32-26-20-14-8-2)56(141-99(129)61-69(107)81(119)93(82(120)70(61)108)135-41-33-27-21-15-9-3)47-54(52)58-53(50)48-57(142-100(130)62-71(109)83(121)94(84(122)72(62)110)136-42-34-28-22-16-10-4)89(143-101(131)63-73(111)85(123)95(86(124)74(63)112)137-43-35-29-23-17-11-5)90(58)144-102(132)64-75(113)87(125)96(88(126)76(64)114)138-44-36-30-24-18-12-6/h37-38,45-48H,7-36,39-44H2,1-6H3. The molecule has 0 aliphatic rings. The van der Waals surface area contributed by atoms with Crippen molar-refractivity contribution < 1.29 is 191 Å². The van der Waals surface area contributed by atoms with E-state index >= 15 is 115 Å². The molecule has 780 valence electrons. The third-order valence-corrected chi connectivity index (χ3v) is 22.9. The van der Waals surface area contributed by atoms with Gasteiger partial charge in [-0.2, -0.15) is 52.7 Å². The molecule has 0 radical (unpaired) electrons. The number of carbonyl (C=O) groups is 6. The average molecular weight is 2070 g/mol. The number of unbranched alkanes of at least 4 members (excludes halogenated alkanes) is 24. The minimum absolute atomic E-state index is 0.0248. The van der Waals surface area contributed by atoms with E-state index in [-0.39, 0.29) is 76.0 Å². The Hall–Kier alpha value is -13.1. The Morgan fingerprint density at radius 2 is 0.368 bits per heavy atom. The van der Waals surface area contributed by atoms with Gasteiger partial charge in [0.05, 0.1) is 39.6 Å². The summed E-state index contributed by atoms with van der Waals surface area (Å²) < 4.78 is 460. The number of fused-ring (bicyclic) bond motifs is 6. The maximum absolute atomic E-state index is 17.1. The van der Waals surface area contributed by atoms with Crippen molar-refractivity contribution in [2.45, 2.75) is 234 Å². The highest BCUT2D eigenvalue weighted by Crippen LogP contribution is 2.54. The molecule has 0 unspecified atom stereocenters. The summed E-state index contributed by atoms with van der Waals surface area (Å²) in [7, 11) is 0. The first-order valence-corrected chi connectivity index (χ1v) is 46.6. The van der Waals surface area contributed by atoms with Crippen LogP contribution in [0.15, 0.2) is 36.4 Å². The van der Waals surface area contributed by atoms with Gasteiger partial charge in [-0.05, 0) is 95.8 Å². The van der Waals surface area contributed by atoms with Gasteiger partial charge in [-0.3, -0.25) is 0 Å². The number of hydrogen-bond acceptors (Lipinski definition) is 18. The van der Waals surface area contributed by atoms with E-state index in [4.69, 9.17) is 56.8 Å². The SMILES string of the molecule is CCCCCCCOc1c(F)c(F)c(C(=O)Oc2ccc3c(c2)c2cc(OC(=O)c4c(F)c(F)c(OCCCCCCC)c(F)c4F)c(OC(=O)c4c(F)c(F)c(OCCCCCCC)c(F)c4F)cc2c2c(OC(=O)c4c(F)c(F)c(OCCCCCCC)c(F)c4F)c(OC(=O)c4c(F)c(F)c(OCCCCCCC)c(F)c4F)c(OC(=O)c4c(F)c(F)c(OCCCCCCC)c(F)c4F)cc32)c(F)c1F. The summed E-state index contributed by atoms with van der Waals surface area (Å²) >= 11 is 0. The van der Waals surface area contributed by atoms with Gasteiger partial charge in [0, 0.05) is 5.39 Å². The van der Waals surface area contributed by atoms with Crippen LogP contribution in [-0.4, -0.2) is 75.5 Å². The van der Waals surface area contributed by atoms with Crippen molar-refractivity contribution in [1.82, 2.24) is 0 Å². The van der Waals surface area contributed by atoms with Crippen LogP contribution in [-0.2, 0) is 0 Å². The molecule has 0 bridgehead atoms. The molecule has 0 amide bonds. The molecule has 0 aliphatic heterocycles. The lowest BCUT2D eigenvalue weighted by atomic mass is 9.92. The topological polar surface area (TPSA) is 213 Å². The van der Waals surface area contributed by atoms with E-state index in [2.05, 4.69) is 0 Å². The minimum Gasteiger partial charge on any atom is -0.487 e. The zero-order chi connectivity index (χ0) is 105. The van der Waals surface area contributed by atoms with Gasteiger partial charge < -0.3 is 56.8 Å². The summed E-state index contributed by atoms with van der Waals surface area (Å²) in [4.78, 5) is 89.5. The second-order valence-electron chi connectivity index (χ2n) is 33.2. The molecule has 0 N–H and O–H groups in total. The molecule has 0 atom stereocenters. The largest absolute Gasteiger partial charge is 0.487 e. The van der Waals surface area contributed by atoms with Gasteiger partial charge in [0.15, 0.2) is 127 Å². The molecule has 10 aromatic carbocycles. The van der Waals surface area contributed by atoms with Gasteiger partial charge in [-0.25, -0.2) is 81.5 Å². The average Bonchev–Trinajstić information content (AvgIpc) is 0.709. The van der Waals surface area contributed by atoms with Crippen LogP contribution in [0.3, 0.4) is 0 Å². The third kappa shape index (κ3) is 25.4. The van der Waals surface area contributed by atoms with Crippen LogP contribution in [0.2, 0.25) is 0 Å². The van der Waals surface area contributed by atoms with Crippen LogP contribution in [0.1, 0.15) is 296 Å². The maximum atomic E-state index is 17.1. The monoisotopic (exact) mass is 2060 g/mol. The van der Waals surface area contributed by atoms with Crippen LogP contribution >= 0.6 is 0 Å². The van der Waals surface area contributed by atoms with Crippen LogP contribution in [0.5, 0.6) is 69.0 Å². The molecular formula is C102H96F24O18. The number of hydrogen-bond donors (Lipinski definition) is 0. The first-order chi connectivity index (χ1) is 68.8. The number of benzene rings is 10. The molecule has 18 nitrogen and oxygen atoms in total. The van der Waals surface area contributed by atoms with E-state index in [0.717, 1.165) is 6.42 Å². The summed E-state index contributed by atoms with van der Waals surface area (Å²) in [5.41, 5.74) is -15.0. The van der Waals surface area contributed by atoms with Gasteiger partial charge >= 0.3 is 35.8 Å². The fraction of sp³-hybridized carbons (Fsp3) is 0.412. The number of ether oxygens (including phenoxy) is 12. The third-order valence-electron chi connectivity index (χ3n) is 22.9. The van der Waals surface area contributed by atoms with E-state index in [0.29, 0.717) is 147 Å². The van der Waals surface area contributed by atoms with Crippen LogP contribution in [0.25, 0.3) is 32.3 Å². The Morgan fingerprint density at radius 1 is 0.181 bits per heavy atom. The van der Waals surface area contributed by atoms with Crippen molar-refractivity contribution in [2.75, 3.05) is 39.6 Å². The van der Waals surface area contributed by atoms with Crippen molar-refractivity contribution in [1.29, 1.82) is 0 Å². The highest BCUT2D eigenvalue weighted by molar-refractivity contribution is 6.29. The fourth-order valence-corrected chi connectivity index (χ4v) is 15.2. The van der Waals surface area contributed by atoms with Crippen molar-refractivity contribution in [3.63, 3.8) is 0 Å². The molecule has 0 aromatic heterocycles. The Bertz CT molecular complexity index is 6260. The van der Waals surface area contributed by atoms with Crippen LogP contribution < -0.4 is 56.8 Å². The van der Waals surface area contributed by atoms with Gasteiger partial charge in [0.1, 0.15) is 39.1 Å². The summed E-state index contributed by atoms with van der Waals surface area (Å²) in [5.74, 6) is -104. The zero-order valence-corrected chi connectivity index (χ0v) is 78.3. The van der Waals surface area contributed by atoms with E-state index < -0.39 is 350 Å². The van der Waals surface area contributed by atoms with Crippen molar-refractivity contribution in [3.05, 3.63) is 209 Å². The van der Waals surface area contributed by atoms with Gasteiger partial charge in [0.2, 0.25) is 75.6 Å². The summed E-state index contributed by atoms with van der Waals surface area (Å²) in [6.07, 6.45) is 12.3. The number of carbonyl (C=O) groups excluding carboxylic acids is 6. The number of halogens is 24. The lowest BCUT2D eigenvalue weighted by Gasteiger charge is -2.22. The Morgan fingerprint density at radius 3 is 0.611 bits per heavy atom. The lowest BCUT2D eigenvalue weighted by molar-refractivity contribution is 0.0644. The summed E-state index contributed by atoms with van der Waals surface area (Å²) in [6.45, 7) is 6.78. The van der Waals surface area contributed by atoms with E-state index in [1.165, 1.54) is 0 Å². The zero-order valence-electron chi connectivity index (χ0n) is 78.3. The predicted molar refractivity (Wildman–Crippen MR) is 472 cm³/mol. The molecule has 0 heterocycles. The second kappa shape index (κ2) is 52.4. The first-order valence-electron chi connectivity index (χ1n) is 46.6. The second-order valence-corrected chi connectivity index (χ2v) is 33.2. The smallest absolute Gasteiger partial charge is 0.350 e. The molecular weight excluding hydrogens is 1970 g/mol. The Labute approximate surface area is 808 Å². The lowest BCUT2D eigenvalue weighted by Crippen LogP contribution is -2.21. The number of rotatable bonds is 54. The normalized spacial score (nSPS) is 11.5. The molecule has 0 spiro atoms. The number of esters is 6. The molecule has 144 heavy (non-hydrogen) atoms. The molecule has 42 heteroatoms. The molecule has 10 aromatic rings. The molecule has 10 rings (SSSR count). The molecule has 0 aliphatic carbocycles. The molecule has 0 fully saturated rings. The van der Waals surface area contributed by atoms with E-state index in [9.17, 15) is 19.2 Å². The Kier molecular flexibility index (Phi) is 41.1. The predicted octanol–water partition coefficient (Wildman–Crippen LogP) is 29.9. The molecule has 0 saturated carbocycles. The first kappa shape index (κ1) is 113. The molecule has 0 saturated heterocycles. The van der Waals surface area contributed by atoms with Crippen LogP contribution in [0, 0.1) is 140 Å².